The van der Waals surface area contributed by atoms with Crippen molar-refractivity contribution in [2.75, 3.05) is 0 Å². The lowest BCUT2D eigenvalue weighted by Gasteiger charge is -2.24. The van der Waals surface area contributed by atoms with Gasteiger partial charge in [0, 0.05) is 65.7 Å². The number of aromatic nitrogens is 4. The first-order chi connectivity index (χ1) is 45.1. The molecule has 0 unspecified atom stereocenters. The maximum absolute atomic E-state index is 10.6. The molecule has 0 atom stereocenters. The molecule has 422 valence electrons. The average molecular weight is 1160 g/mol. The van der Waals surface area contributed by atoms with Gasteiger partial charge in [0.05, 0.1) is 84.8 Å². The highest BCUT2D eigenvalue weighted by Crippen LogP contribution is 2.49. The standard InChI is InChI=1S/C85H52N6/c86-53-59-27-7-9-29-63(59)57-43-45-83-71(47-57)72-48-58(64-30-10-8-28-60(64)54-87)44-46-84(72)91(83)85-73(69-35-15-21-41-81(69)89-77-37-17-11-31-65(77)66-32-12-18-38-78(66)89)49-62(76-52-61(55-23-3-1-4-24-55)51-75(88-76)56-25-5-2-6-26-56)50-74(85)70-36-16-22-42-82(70)90-79-39-19-13-33-67(79)68-34-14-20-40-80(68)90/h1-52H. The minimum atomic E-state index is 0.595. The van der Waals surface area contributed by atoms with Gasteiger partial charge in [0.25, 0.3) is 0 Å². The molecule has 0 bridgehead atoms. The Hall–Kier alpha value is -12.6. The van der Waals surface area contributed by atoms with Crippen LogP contribution in [0.1, 0.15) is 11.1 Å². The summed E-state index contributed by atoms with van der Waals surface area (Å²) in [5.41, 5.74) is 23.8. The van der Waals surface area contributed by atoms with Gasteiger partial charge >= 0.3 is 0 Å². The Bertz CT molecular complexity index is 5410. The summed E-state index contributed by atoms with van der Waals surface area (Å²) < 4.78 is 7.36. The molecule has 0 radical (unpaired) electrons. The molecule has 91 heavy (non-hydrogen) atoms. The highest BCUT2D eigenvalue weighted by molar-refractivity contribution is 6.15. The molecule has 0 N–H and O–H groups in total. The summed E-state index contributed by atoms with van der Waals surface area (Å²) in [6.07, 6.45) is 0. The smallest absolute Gasteiger partial charge is 0.0998 e. The van der Waals surface area contributed by atoms with Gasteiger partial charge in [0.2, 0.25) is 0 Å². The van der Waals surface area contributed by atoms with Gasteiger partial charge in [-0.15, -0.1) is 0 Å². The predicted octanol–water partition coefficient (Wildman–Crippen LogP) is 21.8. The van der Waals surface area contributed by atoms with E-state index in [2.05, 4.69) is 293 Å². The summed E-state index contributed by atoms with van der Waals surface area (Å²) in [5, 5.41) is 27.8. The maximum Gasteiger partial charge on any atom is 0.0998 e. The van der Waals surface area contributed by atoms with Crippen LogP contribution in [0.15, 0.2) is 315 Å². The van der Waals surface area contributed by atoms with Gasteiger partial charge in [0.1, 0.15) is 0 Å². The summed E-state index contributed by atoms with van der Waals surface area (Å²) in [6, 6.07) is 117. The fourth-order valence-corrected chi connectivity index (χ4v) is 14.1. The molecule has 0 saturated heterocycles. The normalized spacial score (nSPS) is 11.5. The highest BCUT2D eigenvalue weighted by atomic mass is 15.0. The molecule has 0 amide bonds. The summed E-state index contributed by atoms with van der Waals surface area (Å²) >= 11 is 0. The van der Waals surface area contributed by atoms with Gasteiger partial charge < -0.3 is 13.7 Å². The second-order valence-corrected chi connectivity index (χ2v) is 23.2. The number of nitrogens with zero attached hydrogens (tertiary/aromatic N) is 6. The van der Waals surface area contributed by atoms with Crippen molar-refractivity contribution in [1.29, 1.82) is 10.5 Å². The van der Waals surface area contributed by atoms with Crippen molar-refractivity contribution < 1.29 is 0 Å². The number of benzene rings is 13. The van der Waals surface area contributed by atoms with E-state index in [-0.39, 0.29) is 0 Å². The highest BCUT2D eigenvalue weighted by Gasteiger charge is 2.28. The molecule has 17 rings (SSSR count). The number of hydrogen-bond donors (Lipinski definition) is 0. The molecule has 17 aromatic rings. The van der Waals surface area contributed by atoms with Gasteiger partial charge in [-0.1, -0.05) is 218 Å². The summed E-state index contributed by atoms with van der Waals surface area (Å²) in [6.45, 7) is 0. The molecule has 4 heterocycles. The molecule has 6 nitrogen and oxygen atoms in total. The van der Waals surface area contributed by atoms with Crippen molar-refractivity contribution in [2.45, 2.75) is 0 Å². The van der Waals surface area contributed by atoms with Gasteiger partial charge in [-0.3, -0.25) is 0 Å². The van der Waals surface area contributed by atoms with E-state index < -0.39 is 0 Å². The molecule has 0 spiro atoms. The number of rotatable bonds is 10. The van der Waals surface area contributed by atoms with Crippen molar-refractivity contribution in [2.24, 2.45) is 0 Å². The van der Waals surface area contributed by atoms with Crippen LogP contribution >= 0.6 is 0 Å². The third-order valence-electron chi connectivity index (χ3n) is 18.1. The SMILES string of the molecule is N#Cc1ccccc1-c1ccc2c(c1)c1cc(-c3ccccc3C#N)ccc1n2-c1c(-c2ccccc2-n2c3ccccc3c3ccccc32)cc(-c2cc(-c3ccccc3)cc(-c3ccccc3)n2)cc1-c1ccccc1-n1c2ccccc2c2ccccc21. The second-order valence-electron chi connectivity index (χ2n) is 23.2. The van der Waals surface area contributed by atoms with Crippen LogP contribution in [0.5, 0.6) is 0 Å². The Labute approximate surface area is 525 Å². The molecular formula is C85H52N6. The van der Waals surface area contributed by atoms with E-state index >= 15 is 0 Å². The summed E-state index contributed by atoms with van der Waals surface area (Å²) in [4.78, 5) is 5.71. The molecule has 13 aromatic carbocycles. The topological polar surface area (TPSA) is 75.3 Å². The molecule has 0 saturated carbocycles. The minimum Gasteiger partial charge on any atom is -0.309 e. The molecule has 0 fully saturated rings. The van der Waals surface area contributed by atoms with Crippen LogP contribution < -0.4 is 0 Å². The van der Waals surface area contributed by atoms with Crippen molar-refractivity contribution >= 4 is 65.4 Å². The van der Waals surface area contributed by atoms with Crippen molar-refractivity contribution in [1.82, 2.24) is 18.7 Å². The average Bonchev–Trinajstić information content (AvgIpc) is 1.67. The number of fused-ring (bicyclic) bond motifs is 9. The number of nitriles is 2. The quantitative estimate of drug-likeness (QED) is 0.137. The Kier molecular flexibility index (Phi) is 12.5. The van der Waals surface area contributed by atoms with Gasteiger partial charge in [-0.25, -0.2) is 4.98 Å². The van der Waals surface area contributed by atoms with Crippen LogP contribution in [0, 0.1) is 22.7 Å². The van der Waals surface area contributed by atoms with Crippen LogP contribution in [-0.2, 0) is 0 Å². The second kappa shape index (κ2) is 21.7. The van der Waals surface area contributed by atoms with E-state index in [1.807, 2.05) is 48.5 Å². The summed E-state index contributed by atoms with van der Waals surface area (Å²) in [5.74, 6) is 0. The van der Waals surface area contributed by atoms with Crippen LogP contribution in [0.25, 0.3) is 161 Å². The Balaban J connectivity index is 1.07. The van der Waals surface area contributed by atoms with Gasteiger partial charge in [0.15, 0.2) is 0 Å². The van der Waals surface area contributed by atoms with E-state index in [0.29, 0.717) is 11.1 Å². The van der Waals surface area contributed by atoms with E-state index in [9.17, 15) is 10.5 Å². The third-order valence-corrected chi connectivity index (χ3v) is 18.1. The largest absolute Gasteiger partial charge is 0.309 e. The predicted molar refractivity (Wildman–Crippen MR) is 375 cm³/mol. The molecule has 6 heteroatoms. The van der Waals surface area contributed by atoms with Crippen LogP contribution in [-0.4, -0.2) is 18.7 Å². The molecule has 0 aliphatic carbocycles. The van der Waals surface area contributed by atoms with E-state index in [1.165, 1.54) is 21.5 Å². The third kappa shape index (κ3) is 8.66. The fraction of sp³-hybridized carbons (Fsp3) is 0. The number of hydrogen-bond acceptors (Lipinski definition) is 3. The lowest BCUT2D eigenvalue weighted by Crippen LogP contribution is -2.06. The van der Waals surface area contributed by atoms with E-state index in [1.54, 1.807) is 0 Å². The molecule has 0 aliphatic heterocycles. The summed E-state index contributed by atoms with van der Waals surface area (Å²) in [7, 11) is 0. The van der Waals surface area contributed by atoms with E-state index in [0.717, 1.165) is 139 Å². The van der Waals surface area contributed by atoms with Gasteiger partial charge in [-0.2, -0.15) is 10.5 Å². The fourth-order valence-electron chi connectivity index (χ4n) is 14.1. The number of para-hydroxylation sites is 6. The zero-order chi connectivity index (χ0) is 60.5. The zero-order valence-corrected chi connectivity index (χ0v) is 49.2. The van der Waals surface area contributed by atoms with Crippen molar-refractivity contribution in [3.05, 3.63) is 327 Å². The number of pyridine rings is 1. The zero-order valence-electron chi connectivity index (χ0n) is 49.2. The van der Waals surface area contributed by atoms with E-state index in [4.69, 9.17) is 4.98 Å². The van der Waals surface area contributed by atoms with Gasteiger partial charge in [-0.05, 0) is 130 Å². The Morgan fingerprint density at radius 1 is 0.231 bits per heavy atom. The van der Waals surface area contributed by atoms with Crippen LogP contribution in [0.3, 0.4) is 0 Å². The first-order valence-electron chi connectivity index (χ1n) is 30.6. The molecular weight excluding hydrogens is 1100 g/mol. The Morgan fingerprint density at radius 3 is 1.02 bits per heavy atom. The lowest BCUT2D eigenvalue weighted by molar-refractivity contribution is 1.15. The first-order valence-corrected chi connectivity index (χ1v) is 30.6. The first kappa shape index (κ1) is 52.7. The van der Waals surface area contributed by atoms with Crippen LogP contribution in [0.2, 0.25) is 0 Å². The minimum absolute atomic E-state index is 0.595. The van der Waals surface area contributed by atoms with Crippen molar-refractivity contribution in [3.8, 4) is 107 Å². The monoisotopic (exact) mass is 1160 g/mol. The Morgan fingerprint density at radius 2 is 0.582 bits per heavy atom. The van der Waals surface area contributed by atoms with Crippen LogP contribution in [0.4, 0.5) is 0 Å². The lowest BCUT2D eigenvalue weighted by atomic mass is 9.89. The molecule has 4 aromatic heterocycles. The molecule has 0 aliphatic rings. The maximum atomic E-state index is 10.6. The van der Waals surface area contributed by atoms with Crippen molar-refractivity contribution in [3.63, 3.8) is 0 Å².